The first-order valence-electron chi connectivity index (χ1n) is 11.2. The molecule has 2 aliphatic rings. The van der Waals surface area contributed by atoms with Gasteiger partial charge < -0.3 is 0 Å². The number of halogens is 1. The van der Waals surface area contributed by atoms with Crippen molar-refractivity contribution < 1.29 is 0 Å². The van der Waals surface area contributed by atoms with Gasteiger partial charge in [0, 0.05) is 35.8 Å². The first-order chi connectivity index (χ1) is 16.3. The molecule has 0 fully saturated rings. The molecule has 0 nitrogen and oxygen atoms in total. The second-order valence-electron chi connectivity index (χ2n) is 8.97. The van der Waals surface area contributed by atoms with Gasteiger partial charge in [-0.15, -0.1) is 11.3 Å². The average Bonchev–Trinajstić information content (AvgIpc) is 3.48. The van der Waals surface area contributed by atoms with Crippen molar-refractivity contribution >= 4 is 47.4 Å². The monoisotopic (exact) mass is 500 g/mol. The van der Waals surface area contributed by atoms with Crippen LogP contribution in [0.2, 0.25) is 0 Å². The highest BCUT2D eigenvalue weighted by molar-refractivity contribution is 9.10. The zero-order valence-electron chi connectivity index (χ0n) is 17.6. The average molecular weight is 501 g/mol. The van der Waals surface area contributed by atoms with Gasteiger partial charge >= 0.3 is 0 Å². The van der Waals surface area contributed by atoms with Crippen molar-refractivity contribution in [3.63, 3.8) is 0 Å². The summed E-state index contributed by atoms with van der Waals surface area (Å²) in [5.41, 5.74) is 10.7. The molecular weight excluding hydrogens is 484 g/mol. The van der Waals surface area contributed by atoms with E-state index in [4.69, 9.17) is 0 Å². The largest absolute Gasteiger partial charge is 0.135 e. The fourth-order valence-corrected chi connectivity index (χ4v) is 8.25. The van der Waals surface area contributed by atoms with E-state index in [-0.39, 0.29) is 5.41 Å². The molecule has 1 spiro atoms. The van der Waals surface area contributed by atoms with Crippen LogP contribution in [-0.2, 0) is 5.41 Å². The fraction of sp³-hybridized carbons (Fsp3) is 0.0323. The van der Waals surface area contributed by atoms with Gasteiger partial charge in [0.05, 0.1) is 5.41 Å². The molecule has 5 aromatic carbocycles. The molecule has 1 aromatic heterocycles. The van der Waals surface area contributed by atoms with Crippen LogP contribution >= 0.6 is 27.3 Å². The van der Waals surface area contributed by atoms with Gasteiger partial charge in [0.25, 0.3) is 0 Å². The first-order valence-corrected chi connectivity index (χ1v) is 12.8. The van der Waals surface area contributed by atoms with Crippen LogP contribution in [0.1, 0.15) is 22.3 Å². The zero-order chi connectivity index (χ0) is 21.7. The Bertz CT molecular complexity index is 1790. The van der Waals surface area contributed by atoms with E-state index in [0.29, 0.717) is 0 Å². The maximum atomic E-state index is 3.89. The third kappa shape index (κ3) is 2.04. The number of fused-ring (bicyclic) bond motifs is 14. The van der Waals surface area contributed by atoms with Crippen molar-refractivity contribution in [3.05, 3.63) is 130 Å². The molecule has 1 atom stereocenters. The van der Waals surface area contributed by atoms with Gasteiger partial charge in [-0.05, 0) is 45.5 Å². The lowest BCUT2D eigenvalue weighted by atomic mass is 9.70. The Morgan fingerprint density at radius 3 is 1.97 bits per heavy atom. The van der Waals surface area contributed by atoms with E-state index >= 15 is 0 Å². The zero-order valence-corrected chi connectivity index (χ0v) is 20.0. The molecule has 2 aliphatic carbocycles. The Kier molecular flexibility index (Phi) is 3.44. The minimum Gasteiger partial charge on any atom is -0.135 e. The highest BCUT2D eigenvalue weighted by Crippen LogP contribution is 2.65. The van der Waals surface area contributed by atoms with Crippen molar-refractivity contribution in [1.82, 2.24) is 0 Å². The van der Waals surface area contributed by atoms with E-state index in [2.05, 4.69) is 119 Å². The van der Waals surface area contributed by atoms with Crippen LogP contribution in [0.25, 0.3) is 42.4 Å². The number of benzene rings is 5. The van der Waals surface area contributed by atoms with Crippen LogP contribution in [0.5, 0.6) is 0 Å². The summed E-state index contributed by atoms with van der Waals surface area (Å²) in [5, 5.41) is 2.72. The summed E-state index contributed by atoms with van der Waals surface area (Å²) in [6.45, 7) is 0. The van der Waals surface area contributed by atoms with Crippen molar-refractivity contribution in [1.29, 1.82) is 0 Å². The summed E-state index contributed by atoms with van der Waals surface area (Å²) < 4.78 is 3.92. The fourth-order valence-electron chi connectivity index (χ4n) is 6.41. The lowest BCUT2D eigenvalue weighted by Crippen LogP contribution is -2.25. The van der Waals surface area contributed by atoms with E-state index in [0.717, 1.165) is 4.47 Å². The SMILES string of the molecule is Brc1cccc2c1-c1ccccc1C21c2ccccc2-c2c1ccc1c2sc2ccccc21. The molecule has 0 bridgehead atoms. The van der Waals surface area contributed by atoms with E-state index in [1.807, 2.05) is 11.3 Å². The summed E-state index contributed by atoms with van der Waals surface area (Å²) in [4.78, 5) is 0. The van der Waals surface area contributed by atoms with Gasteiger partial charge in [-0.2, -0.15) is 0 Å². The highest BCUT2D eigenvalue weighted by Gasteiger charge is 2.52. The van der Waals surface area contributed by atoms with Crippen molar-refractivity contribution in [2.45, 2.75) is 5.41 Å². The molecule has 2 heteroatoms. The highest BCUT2D eigenvalue weighted by atomic mass is 79.9. The van der Waals surface area contributed by atoms with Crippen LogP contribution < -0.4 is 0 Å². The standard InChI is InChI=1S/C31H17BrS/c32-26-14-7-13-24-28(26)20-9-1-4-11-22(20)31(24)23-12-5-2-10-21(23)29-25(31)17-16-19-18-8-3-6-15-27(18)33-30(19)29/h1-17H. The second kappa shape index (κ2) is 6.22. The van der Waals surface area contributed by atoms with Crippen LogP contribution in [0.4, 0.5) is 0 Å². The molecule has 1 heterocycles. The number of rotatable bonds is 0. The second-order valence-corrected chi connectivity index (χ2v) is 10.9. The molecule has 0 amide bonds. The van der Waals surface area contributed by atoms with Gasteiger partial charge in [-0.1, -0.05) is 107 Å². The van der Waals surface area contributed by atoms with Gasteiger partial charge in [0.1, 0.15) is 0 Å². The number of hydrogen-bond donors (Lipinski definition) is 0. The summed E-state index contributed by atoms with van der Waals surface area (Å²) >= 11 is 5.82. The molecule has 8 rings (SSSR count). The quantitative estimate of drug-likeness (QED) is 0.194. The van der Waals surface area contributed by atoms with Gasteiger partial charge in [0.15, 0.2) is 0 Å². The molecule has 154 valence electrons. The summed E-state index contributed by atoms with van der Waals surface area (Å²) in [6, 6.07) is 38.3. The smallest absolute Gasteiger partial charge is 0.0726 e. The summed E-state index contributed by atoms with van der Waals surface area (Å²) in [6.07, 6.45) is 0. The Hall–Kier alpha value is -3.20. The van der Waals surface area contributed by atoms with Crippen molar-refractivity contribution in [2.24, 2.45) is 0 Å². The Morgan fingerprint density at radius 2 is 1.15 bits per heavy atom. The first kappa shape index (κ1) is 18.3. The molecule has 0 radical (unpaired) electrons. The van der Waals surface area contributed by atoms with Crippen LogP contribution in [-0.4, -0.2) is 0 Å². The lowest BCUT2D eigenvalue weighted by molar-refractivity contribution is 0.794. The molecular formula is C31H17BrS. The van der Waals surface area contributed by atoms with Gasteiger partial charge in [-0.3, -0.25) is 0 Å². The van der Waals surface area contributed by atoms with E-state index < -0.39 is 0 Å². The van der Waals surface area contributed by atoms with Crippen LogP contribution in [0, 0.1) is 0 Å². The molecule has 6 aromatic rings. The van der Waals surface area contributed by atoms with Crippen molar-refractivity contribution in [2.75, 3.05) is 0 Å². The topological polar surface area (TPSA) is 0 Å². The van der Waals surface area contributed by atoms with E-state index in [9.17, 15) is 0 Å². The lowest BCUT2D eigenvalue weighted by Gasteiger charge is -2.30. The Labute approximate surface area is 204 Å². The summed E-state index contributed by atoms with van der Waals surface area (Å²) in [7, 11) is 0. The minimum atomic E-state index is -0.286. The van der Waals surface area contributed by atoms with Crippen LogP contribution in [0.3, 0.4) is 0 Å². The number of hydrogen-bond acceptors (Lipinski definition) is 1. The Morgan fingerprint density at radius 1 is 0.515 bits per heavy atom. The maximum Gasteiger partial charge on any atom is 0.0726 e. The molecule has 0 N–H and O–H groups in total. The number of thiophene rings is 1. The van der Waals surface area contributed by atoms with Crippen LogP contribution in [0.15, 0.2) is 108 Å². The molecule has 0 saturated carbocycles. The molecule has 33 heavy (non-hydrogen) atoms. The third-order valence-corrected chi connectivity index (χ3v) is 9.43. The Balaban J connectivity index is 1.63. The normalized spacial score (nSPS) is 17.4. The molecule has 0 saturated heterocycles. The van der Waals surface area contributed by atoms with E-state index in [1.54, 1.807) is 0 Å². The predicted molar refractivity (Wildman–Crippen MR) is 143 cm³/mol. The van der Waals surface area contributed by atoms with Gasteiger partial charge in [-0.25, -0.2) is 0 Å². The maximum absolute atomic E-state index is 3.89. The predicted octanol–water partition coefficient (Wildman–Crippen LogP) is 9.16. The molecule has 1 unspecified atom stereocenters. The third-order valence-electron chi connectivity index (χ3n) is 7.57. The van der Waals surface area contributed by atoms with Crippen molar-refractivity contribution in [3.8, 4) is 22.3 Å². The van der Waals surface area contributed by atoms with Gasteiger partial charge in [0.2, 0.25) is 0 Å². The minimum absolute atomic E-state index is 0.286. The van der Waals surface area contributed by atoms with E-state index in [1.165, 1.54) is 64.7 Å². The molecule has 0 aliphatic heterocycles. The summed E-state index contributed by atoms with van der Waals surface area (Å²) in [5.74, 6) is 0.